The number of ether oxygens (including phenoxy) is 1. The minimum absolute atomic E-state index is 0.187. The number of carbonyl (C=O) groups excluding carboxylic acids is 1. The Hall–Kier alpha value is -3.19. The van der Waals surface area contributed by atoms with E-state index in [1.165, 1.54) is 24.0 Å². The normalized spacial score (nSPS) is 11.0. The number of fused-ring (bicyclic) bond motifs is 1. The van der Waals surface area contributed by atoms with Gasteiger partial charge in [-0.3, -0.25) is 14.4 Å². The first kappa shape index (κ1) is 19.1. The summed E-state index contributed by atoms with van der Waals surface area (Å²) in [5.41, 5.74) is 3.59. The number of methoxy groups -OCH3 is 1. The van der Waals surface area contributed by atoms with Crippen LogP contribution in [0.15, 0.2) is 54.7 Å². The molecule has 7 heteroatoms. The third-order valence-electron chi connectivity index (χ3n) is 4.73. The van der Waals surface area contributed by atoms with Gasteiger partial charge in [-0.15, -0.1) is 5.10 Å². The number of amides is 1. The van der Waals surface area contributed by atoms with Crippen molar-refractivity contribution in [3.05, 3.63) is 71.4 Å². The molecule has 0 bridgehead atoms. The Balaban J connectivity index is 1.78. The number of aromatic nitrogens is 3. The molecule has 2 heterocycles. The number of nitrogens with zero attached hydrogens (tertiary/aromatic N) is 4. The smallest absolute Gasteiger partial charge is 0.267 e. The average molecular weight is 407 g/mol. The second-order valence-corrected chi connectivity index (χ2v) is 7.76. The van der Waals surface area contributed by atoms with E-state index in [-0.39, 0.29) is 5.91 Å². The molecule has 4 rings (SSSR count). The SMILES string of the molecule is CCc1ccc2nc(N(Cc3ccccc3)C(=O)c3cn(C)nc3OC)sc2c1. The lowest BCUT2D eigenvalue weighted by Gasteiger charge is -2.19. The summed E-state index contributed by atoms with van der Waals surface area (Å²) in [5, 5.41) is 4.89. The molecule has 0 saturated carbocycles. The molecule has 0 saturated heterocycles. The predicted molar refractivity (Wildman–Crippen MR) is 116 cm³/mol. The zero-order valence-corrected chi connectivity index (χ0v) is 17.4. The molecule has 29 heavy (non-hydrogen) atoms. The van der Waals surface area contributed by atoms with E-state index >= 15 is 0 Å². The first-order valence-corrected chi connectivity index (χ1v) is 10.2. The predicted octanol–water partition coefficient (Wildman–Crippen LogP) is 4.45. The van der Waals surface area contributed by atoms with Crippen molar-refractivity contribution >= 4 is 32.6 Å². The van der Waals surface area contributed by atoms with E-state index in [9.17, 15) is 4.79 Å². The van der Waals surface area contributed by atoms with Crippen LogP contribution in [0.3, 0.4) is 0 Å². The van der Waals surface area contributed by atoms with Crippen LogP contribution >= 0.6 is 11.3 Å². The highest BCUT2D eigenvalue weighted by Crippen LogP contribution is 2.32. The number of carbonyl (C=O) groups is 1. The topological polar surface area (TPSA) is 60.2 Å². The Kier molecular flexibility index (Phi) is 5.31. The van der Waals surface area contributed by atoms with Crippen LogP contribution in [-0.4, -0.2) is 27.8 Å². The summed E-state index contributed by atoms with van der Waals surface area (Å²) in [6, 6.07) is 16.1. The molecule has 0 aliphatic carbocycles. The number of hydrogen-bond acceptors (Lipinski definition) is 5. The van der Waals surface area contributed by atoms with E-state index in [0.29, 0.717) is 23.1 Å². The van der Waals surface area contributed by atoms with Crippen LogP contribution in [-0.2, 0) is 20.0 Å². The van der Waals surface area contributed by atoms with Gasteiger partial charge < -0.3 is 4.74 Å². The number of anilines is 1. The molecule has 0 atom stereocenters. The maximum absolute atomic E-state index is 13.5. The van der Waals surface area contributed by atoms with Crippen LogP contribution < -0.4 is 9.64 Å². The van der Waals surface area contributed by atoms with Gasteiger partial charge in [0.1, 0.15) is 5.56 Å². The summed E-state index contributed by atoms with van der Waals surface area (Å²) < 4.78 is 7.97. The first-order chi connectivity index (χ1) is 14.1. The highest BCUT2D eigenvalue weighted by atomic mass is 32.1. The Bertz CT molecular complexity index is 1150. The summed E-state index contributed by atoms with van der Waals surface area (Å²) in [5.74, 6) is 0.124. The fourth-order valence-corrected chi connectivity index (χ4v) is 4.22. The number of aryl methyl sites for hydroxylation is 2. The summed E-state index contributed by atoms with van der Waals surface area (Å²) >= 11 is 1.52. The highest BCUT2D eigenvalue weighted by Gasteiger charge is 2.26. The van der Waals surface area contributed by atoms with Crippen molar-refractivity contribution in [2.45, 2.75) is 19.9 Å². The molecule has 4 aromatic rings. The van der Waals surface area contributed by atoms with E-state index in [1.807, 2.05) is 36.4 Å². The molecule has 0 spiro atoms. The van der Waals surface area contributed by atoms with Gasteiger partial charge in [-0.2, -0.15) is 0 Å². The summed E-state index contributed by atoms with van der Waals surface area (Å²) in [6.07, 6.45) is 2.64. The average Bonchev–Trinajstić information content (AvgIpc) is 3.34. The molecule has 0 fully saturated rings. The lowest BCUT2D eigenvalue weighted by atomic mass is 10.2. The second-order valence-electron chi connectivity index (χ2n) is 6.75. The number of thiazole rings is 1. The first-order valence-electron chi connectivity index (χ1n) is 9.42. The minimum atomic E-state index is -0.187. The quantitative estimate of drug-likeness (QED) is 0.475. The molecule has 0 aliphatic heterocycles. The molecule has 2 aromatic heterocycles. The fourth-order valence-electron chi connectivity index (χ4n) is 3.20. The van der Waals surface area contributed by atoms with Gasteiger partial charge in [0.15, 0.2) is 5.13 Å². The Morgan fingerprint density at radius 3 is 2.69 bits per heavy atom. The summed E-state index contributed by atoms with van der Waals surface area (Å²) in [7, 11) is 3.29. The van der Waals surface area contributed by atoms with Crippen molar-refractivity contribution in [1.82, 2.24) is 14.8 Å². The van der Waals surface area contributed by atoms with Gasteiger partial charge in [0.05, 0.1) is 23.9 Å². The fraction of sp³-hybridized carbons (Fsp3) is 0.227. The van der Waals surface area contributed by atoms with E-state index in [2.05, 4.69) is 24.2 Å². The molecule has 1 amide bonds. The van der Waals surface area contributed by atoms with E-state index in [4.69, 9.17) is 9.72 Å². The Labute approximate surface area is 173 Å². The third kappa shape index (κ3) is 3.86. The molecule has 0 radical (unpaired) electrons. The van der Waals surface area contributed by atoms with Gasteiger partial charge in [0.2, 0.25) is 5.88 Å². The standard InChI is InChI=1S/C22H22N4O2S/c1-4-15-10-11-18-19(12-15)29-22(23-18)26(13-16-8-6-5-7-9-16)21(27)17-14-25(2)24-20(17)28-3/h5-12,14H,4,13H2,1-3H3. The molecule has 148 valence electrons. The molecular weight excluding hydrogens is 384 g/mol. The molecule has 6 nitrogen and oxygen atoms in total. The van der Waals surface area contributed by atoms with Crippen LogP contribution in [0.5, 0.6) is 5.88 Å². The van der Waals surface area contributed by atoms with Crippen LogP contribution in [0.4, 0.5) is 5.13 Å². The summed E-state index contributed by atoms with van der Waals surface area (Å²) in [4.78, 5) is 20.0. The van der Waals surface area contributed by atoms with Crippen LogP contribution in [0.2, 0.25) is 0 Å². The molecule has 0 N–H and O–H groups in total. The number of rotatable bonds is 6. The van der Waals surface area contributed by atoms with Crippen molar-refractivity contribution in [2.24, 2.45) is 7.05 Å². The highest BCUT2D eigenvalue weighted by molar-refractivity contribution is 7.22. The van der Waals surface area contributed by atoms with Gasteiger partial charge in [0.25, 0.3) is 5.91 Å². The summed E-state index contributed by atoms with van der Waals surface area (Å²) in [6.45, 7) is 2.54. The lowest BCUT2D eigenvalue weighted by Crippen LogP contribution is -2.30. The van der Waals surface area contributed by atoms with Gasteiger partial charge in [-0.1, -0.05) is 54.7 Å². The zero-order chi connectivity index (χ0) is 20.4. The maximum atomic E-state index is 13.5. The monoisotopic (exact) mass is 406 g/mol. The van der Waals surface area contributed by atoms with Gasteiger partial charge in [-0.05, 0) is 29.7 Å². The van der Waals surface area contributed by atoms with Crippen LogP contribution in [0.1, 0.15) is 28.4 Å². The number of hydrogen-bond donors (Lipinski definition) is 0. The second kappa shape index (κ2) is 8.05. The minimum Gasteiger partial charge on any atom is -0.479 e. The maximum Gasteiger partial charge on any atom is 0.267 e. The van der Waals surface area contributed by atoms with E-state index < -0.39 is 0 Å². The van der Waals surface area contributed by atoms with Crippen molar-refractivity contribution in [1.29, 1.82) is 0 Å². The van der Waals surface area contributed by atoms with E-state index in [1.54, 1.807) is 22.8 Å². The van der Waals surface area contributed by atoms with Gasteiger partial charge in [-0.25, -0.2) is 4.98 Å². The molecular formula is C22H22N4O2S. The zero-order valence-electron chi connectivity index (χ0n) is 16.6. The lowest BCUT2D eigenvalue weighted by molar-refractivity contribution is 0.0982. The van der Waals surface area contributed by atoms with Crippen molar-refractivity contribution in [3.63, 3.8) is 0 Å². The van der Waals surface area contributed by atoms with Crippen molar-refractivity contribution in [3.8, 4) is 5.88 Å². The van der Waals surface area contributed by atoms with Crippen molar-refractivity contribution in [2.75, 3.05) is 12.0 Å². The van der Waals surface area contributed by atoms with Crippen molar-refractivity contribution < 1.29 is 9.53 Å². The molecule has 0 aliphatic rings. The molecule has 0 unspecified atom stereocenters. The third-order valence-corrected chi connectivity index (χ3v) is 5.77. The molecule has 2 aromatic carbocycles. The van der Waals surface area contributed by atoms with Crippen LogP contribution in [0.25, 0.3) is 10.2 Å². The van der Waals surface area contributed by atoms with E-state index in [0.717, 1.165) is 22.2 Å². The number of benzene rings is 2. The van der Waals surface area contributed by atoms with Gasteiger partial charge >= 0.3 is 0 Å². The van der Waals surface area contributed by atoms with Crippen LogP contribution in [0, 0.1) is 0 Å². The Morgan fingerprint density at radius 1 is 1.17 bits per heavy atom. The largest absolute Gasteiger partial charge is 0.479 e. The Morgan fingerprint density at radius 2 is 1.97 bits per heavy atom. The van der Waals surface area contributed by atoms with Gasteiger partial charge in [0, 0.05) is 13.2 Å².